The van der Waals surface area contributed by atoms with E-state index in [4.69, 9.17) is 0 Å². The summed E-state index contributed by atoms with van der Waals surface area (Å²) in [7, 11) is 0. The number of carbonyl (C=O) groups excluding carboxylic acids is 2. The molecule has 2 bridgehead atoms. The van der Waals surface area contributed by atoms with E-state index in [9.17, 15) is 9.59 Å². The Kier molecular flexibility index (Phi) is 3.00. The summed E-state index contributed by atoms with van der Waals surface area (Å²) in [6, 6.07) is 14.0. The zero-order valence-electron chi connectivity index (χ0n) is 14.5. The third kappa shape index (κ3) is 1.68. The fourth-order valence-electron chi connectivity index (χ4n) is 4.94. The maximum atomic E-state index is 13.3. The molecule has 0 aromatic heterocycles. The van der Waals surface area contributed by atoms with Gasteiger partial charge in [0.1, 0.15) is 5.78 Å². The van der Waals surface area contributed by atoms with Gasteiger partial charge in [-0.25, -0.2) is 0 Å². The lowest BCUT2D eigenvalue weighted by atomic mass is 9.64. The number of carbonyl (C=O) groups is 2. The molecule has 0 heterocycles. The highest BCUT2D eigenvalue weighted by Gasteiger charge is 2.72. The van der Waals surface area contributed by atoms with Crippen LogP contribution in [0.1, 0.15) is 40.0 Å². The van der Waals surface area contributed by atoms with Gasteiger partial charge in [-0.05, 0) is 29.7 Å². The molecule has 2 saturated carbocycles. The molecule has 0 saturated heterocycles. The highest BCUT2D eigenvalue weighted by molar-refractivity contribution is 6.08. The molecular weight excluding hydrogens is 298 g/mol. The van der Waals surface area contributed by atoms with Crippen LogP contribution in [0.4, 0.5) is 5.69 Å². The van der Waals surface area contributed by atoms with E-state index in [1.165, 1.54) is 0 Å². The monoisotopic (exact) mass is 321 g/mol. The molecule has 0 radical (unpaired) electrons. The van der Waals surface area contributed by atoms with Crippen LogP contribution in [0.5, 0.6) is 0 Å². The van der Waals surface area contributed by atoms with Gasteiger partial charge in [0.15, 0.2) is 0 Å². The van der Waals surface area contributed by atoms with Crippen molar-refractivity contribution in [3.05, 3.63) is 42.5 Å². The lowest BCUT2D eigenvalue weighted by Gasteiger charge is -2.38. The first-order chi connectivity index (χ1) is 11.3. The molecule has 2 aromatic carbocycles. The summed E-state index contributed by atoms with van der Waals surface area (Å²) in [4.78, 5) is 25.8. The normalized spacial score (nSPS) is 30.7. The Morgan fingerprint density at radius 3 is 2.38 bits per heavy atom. The predicted octanol–water partition coefficient (Wildman–Crippen LogP) is 4.56. The predicted molar refractivity (Wildman–Crippen MR) is 95.8 cm³/mol. The molecule has 0 spiro atoms. The molecule has 124 valence electrons. The number of nitrogens with one attached hydrogen (secondary N) is 1. The first-order valence-electron chi connectivity index (χ1n) is 8.64. The molecule has 2 atom stereocenters. The molecule has 0 unspecified atom stereocenters. The first kappa shape index (κ1) is 15.4. The Morgan fingerprint density at radius 2 is 1.71 bits per heavy atom. The number of fused-ring (bicyclic) bond motifs is 3. The van der Waals surface area contributed by atoms with Crippen molar-refractivity contribution in [1.29, 1.82) is 0 Å². The molecule has 3 nitrogen and oxygen atoms in total. The van der Waals surface area contributed by atoms with Gasteiger partial charge in [-0.15, -0.1) is 0 Å². The van der Waals surface area contributed by atoms with Crippen molar-refractivity contribution in [2.45, 2.75) is 40.0 Å². The molecule has 0 aliphatic heterocycles. The second-order valence-electron chi connectivity index (χ2n) is 8.12. The van der Waals surface area contributed by atoms with Gasteiger partial charge in [-0.3, -0.25) is 9.59 Å². The van der Waals surface area contributed by atoms with Gasteiger partial charge in [0, 0.05) is 22.9 Å². The van der Waals surface area contributed by atoms with E-state index in [2.05, 4.69) is 19.2 Å². The van der Waals surface area contributed by atoms with Crippen LogP contribution in [-0.4, -0.2) is 11.7 Å². The number of anilines is 1. The molecule has 3 heteroatoms. The Hall–Kier alpha value is -2.16. The van der Waals surface area contributed by atoms with Crippen molar-refractivity contribution in [2.75, 3.05) is 5.32 Å². The molecule has 2 aromatic rings. The van der Waals surface area contributed by atoms with E-state index in [0.717, 1.165) is 29.3 Å². The maximum Gasteiger partial charge on any atom is 0.231 e. The quantitative estimate of drug-likeness (QED) is 0.881. The summed E-state index contributed by atoms with van der Waals surface area (Å²) in [6.45, 7) is 6.22. The third-order valence-electron chi connectivity index (χ3n) is 7.18. The molecule has 4 rings (SSSR count). The summed E-state index contributed by atoms with van der Waals surface area (Å²) in [6.07, 6.45) is 1.97. The van der Waals surface area contributed by atoms with Crippen molar-refractivity contribution < 1.29 is 9.59 Å². The van der Waals surface area contributed by atoms with Gasteiger partial charge < -0.3 is 5.32 Å². The van der Waals surface area contributed by atoms with E-state index in [0.29, 0.717) is 6.42 Å². The van der Waals surface area contributed by atoms with Crippen LogP contribution >= 0.6 is 0 Å². The second-order valence-corrected chi connectivity index (χ2v) is 8.12. The fourth-order valence-corrected chi connectivity index (χ4v) is 4.94. The SMILES string of the molecule is CC1(C)[C@]2(C(=O)Nc3cccc4ccccc34)CC[C@@]1(C)C(=O)C2. The largest absolute Gasteiger partial charge is 0.325 e. The van der Waals surface area contributed by atoms with Crippen LogP contribution < -0.4 is 5.32 Å². The number of Topliss-reactive ketones (excluding diaryl/α,β-unsaturated/α-hetero) is 1. The van der Waals surface area contributed by atoms with Gasteiger partial charge in [0.05, 0.1) is 5.41 Å². The molecule has 2 aliphatic carbocycles. The van der Waals surface area contributed by atoms with Crippen molar-refractivity contribution in [3.63, 3.8) is 0 Å². The summed E-state index contributed by atoms with van der Waals surface area (Å²) < 4.78 is 0. The lowest BCUT2D eigenvalue weighted by molar-refractivity contribution is -0.131. The maximum absolute atomic E-state index is 13.3. The van der Waals surface area contributed by atoms with Crippen LogP contribution in [0, 0.1) is 16.2 Å². The van der Waals surface area contributed by atoms with E-state index >= 15 is 0 Å². The minimum Gasteiger partial charge on any atom is -0.325 e. The van der Waals surface area contributed by atoms with Crippen LogP contribution in [0.25, 0.3) is 10.8 Å². The standard InChI is InChI=1S/C21H23NO2/c1-19(2)20(3)11-12-21(19,13-17(20)23)18(24)22-16-10-6-8-14-7-4-5-9-15(14)16/h4-10H,11-13H2,1-3H3,(H,22,24)/t20-,21+/m0/s1. The molecule has 1 amide bonds. The number of benzene rings is 2. The van der Waals surface area contributed by atoms with E-state index in [-0.39, 0.29) is 22.5 Å². The van der Waals surface area contributed by atoms with Gasteiger partial charge >= 0.3 is 0 Å². The highest BCUT2D eigenvalue weighted by atomic mass is 16.2. The van der Waals surface area contributed by atoms with Gasteiger partial charge in [-0.2, -0.15) is 0 Å². The summed E-state index contributed by atoms with van der Waals surface area (Å²) in [5, 5.41) is 5.28. The Morgan fingerprint density at radius 1 is 1.00 bits per heavy atom. The number of amides is 1. The zero-order chi connectivity index (χ0) is 17.2. The minimum atomic E-state index is -0.588. The first-order valence-corrected chi connectivity index (χ1v) is 8.64. The van der Waals surface area contributed by atoms with Crippen LogP contribution in [0.15, 0.2) is 42.5 Å². The number of rotatable bonds is 2. The Balaban J connectivity index is 1.74. The van der Waals surface area contributed by atoms with Crippen LogP contribution in [0.2, 0.25) is 0 Å². The molecule has 2 aliphatic rings. The Bertz CT molecular complexity index is 864. The molecular formula is C21H23NO2. The van der Waals surface area contributed by atoms with E-state index in [1.807, 2.05) is 49.4 Å². The third-order valence-corrected chi connectivity index (χ3v) is 7.18. The van der Waals surface area contributed by atoms with Crippen molar-refractivity contribution in [1.82, 2.24) is 0 Å². The molecule has 1 N–H and O–H groups in total. The Labute approximate surface area is 142 Å². The van der Waals surface area contributed by atoms with Gasteiger partial charge in [0.25, 0.3) is 0 Å². The number of hydrogen-bond donors (Lipinski definition) is 1. The average molecular weight is 321 g/mol. The van der Waals surface area contributed by atoms with Gasteiger partial charge in [-0.1, -0.05) is 57.2 Å². The number of hydrogen-bond acceptors (Lipinski definition) is 2. The van der Waals surface area contributed by atoms with Gasteiger partial charge in [0.2, 0.25) is 5.91 Å². The molecule has 24 heavy (non-hydrogen) atoms. The lowest BCUT2D eigenvalue weighted by Crippen LogP contribution is -2.43. The van der Waals surface area contributed by atoms with E-state index < -0.39 is 5.41 Å². The highest BCUT2D eigenvalue weighted by Crippen LogP contribution is 2.70. The minimum absolute atomic E-state index is 0.00146. The summed E-state index contributed by atoms with van der Waals surface area (Å²) in [5.41, 5.74) is -0.443. The van der Waals surface area contributed by atoms with Crippen molar-refractivity contribution in [3.8, 4) is 0 Å². The van der Waals surface area contributed by atoms with Crippen molar-refractivity contribution in [2.24, 2.45) is 16.2 Å². The summed E-state index contributed by atoms with van der Waals surface area (Å²) >= 11 is 0. The average Bonchev–Trinajstić information content (AvgIpc) is 2.85. The second kappa shape index (κ2) is 4.69. The van der Waals surface area contributed by atoms with E-state index in [1.54, 1.807) is 0 Å². The smallest absolute Gasteiger partial charge is 0.231 e. The van der Waals surface area contributed by atoms with Crippen LogP contribution in [-0.2, 0) is 9.59 Å². The molecule has 2 fully saturated rings. The van der Waals surface area contributed by atoms with Crippen LogP contribution in [0.3, 0.4) is 0 Å². The summed E-state index contributed by atoms with van der Waals surface area (Å²) in [5.74, 6) is 0.241. The zero-order valence-corrected chi connectivity index (χ0v) is 14.5. The fraction of sp³-hybridized carbons (Fsp3) is 0.429. The number of ketones is 1. The topological polar surface area (TPSA) is 46.2 Å². The van der Waals surface area contributed by atoms with Crippen molar-refractivity contribution >= 4 is 28.2 Å².